The van der Waals surface area contributed by atoms with Crippen molar-refractivity contribution in [2.24, 2.45) is 11.7 Å². The molecule has 0 fully saturated rings. The van der Waals surface area contributed by atoms with Gasteiger partial charge < -0.3 is 5.73 Å². The predicted octanol–water partition coefficient (Wildman–Crippen LogP) is 2.63. The van der Waals surface area contributed by atoms with E-state index in [1.807, 2.05) is 13.8 Å². The Morgan fingerprint density at radius 2 is 1.62 bits per heavy atom. The van der Waals surface area contributed by atoms with Gasteiger partial charge in [0.1, 0.15) is 6.04 Å². The molecule has 2 N–H and O–H groups in total. The molecule has 0 bridgehead atoms. The summed E-state index contributed by atoms with van der Waals surface area (Å²) in [6, 6.07) is -1.50. The number of hydrogen-bond donors (Lipinski definition) is 1. The second-order valence-electron chi connectivity index (χ2n) is 4.06. The van der Waals surface area contributed by atoms with Crippen LogP contribution in [-0.2, 0) is 0 Å². The van der Waals surface area contributed by atoms with Crippen molar-refractivity contribution in [3.63, 3.8) is 0 Å². The van der Waals surface area contributed by atoms with Crippen LogP contribution in [0.3, 0.4) is 0 Å². The smallest absolute Gasteiger partial charge is 0.329 e. The molecule has 5 heteroatoms. The van der Waals surface area contributed by atoms with Gasteiger partial charge in [-0.05, 0) is 12.5 Å². The van der Waals surface area contributed by atoms with Crippen LogP contribution in [0.15, 0.2) is 0 Å². The Morgan fingerprint density at radius 1 is 1.12 bits per heavy atom. The maximum absolute atomic E-state index is 12.7. The first kappa shape index (κ1) is 15.7. The van der Waals surface area contributed by atoms with E-state index >= 15 is 0 Å². The number of likely N-dealkylation sites (N-methyl/N-ethyl adjacent to an activating group) is 1. The lowest BCUT2D eigenvalue weighted by atomic mass is 10.0. The highest BCUT2D eigenvalue weighted by Gasteiger charge is 2.42. The number of alkyl halides is 3. The summed E-state index contributed by atoms with van der Waals surface area (Å²) in [5.41, 5.74) is 5.23. The summed E-state index contributed by atoms with van der Waals surface area (Å²) in [7, 11) is 0. The molecule has 0 saturated carbocycles. The molecule has 0 aliphatic heterocycles. The van der Waals surface area contributed by atoms with Gasteiger partial charge in [0, 0.05) is 13.1 Å². The number of nitrogens with two attached hydrogens (primary N) is 1. The van der Waals surface area contributed by atoms with Crippen LogP contribution in [0.5, 0.6) is 0 Å². The summed E-state index contributed by atoms with van der Waals surface area (Å²) in [5, 5.41) is 0. The fraction of sp³-hybridized carbons (Fsp3) is 1.00. The maximum atomic E-state index is 12.7. The van der Waals surface area contributed by atoms with Gasteiger partial charge in [-0.3, -0.25) is 4.90 Å². The van der Waals surface area contributed by atoms with Gasteiger partial charge in [0.15, 0.2) is 0 Å². The van der Waals surface area contributed by atoms with E-state index in [0.29, 0.717) is 19.0 Å². The molecular weight excluding hydrogens is 217 g/mol. The Bertz CT molecular complexity index is 179. The molecule has 0 saturated heterocycles. The van der Waals surface area contributed by atoms with Crippen molar-refractivity contribution in [2.45, 2.75) is 45.8 Å². The van der Waals surface area contributed by atoms with Crippen molar-refractivity contribution in [1.82, 2.24) is 4.90 Å². The van der Waals surface area contributed by atoms with Crippen LogP contribution in [0.1, 0.15) is 33.6 Å². The summed E-state index contributed by atoms with van der Waals surface area (Å²) >= 11 is 0. The van der Waals surface area contributed by atoms with Crippen LogP contribution in [0, 0.1) is 5.92 Å². The molecule has 0 aliphatic rings. The van der Waals surface area contributed by atoms with Crippen LogP contribution >= 0.6 is 0 Å². The molecule has 1 unspecified atom stereocenters. The molecule has 0 aliphatic carbocycles. The Balaban J connectivity index is 4.56. The van der Waals surface area contributed by atoms with E-state index < -0.39 is 12.2 Å². The van der Waals surface area contributed by atoms with Crippen LogP contribution in [0.2, 0.25) is 0 Å². The van der Waals surface area contributed by atoms with Gasteiger partial charge in [-0.2, -0.15) is 13.2 Å². The van der Waals surface area contributed by atoms with E-state index in [4.69, 9.17) is 5.73 Å². The van der Waals surface area contributed by atoms with Gasteiger partial charge in [0.25, 0.3) is 0 Å². The molecule has 0 radical (unpaired) electrons. The molecule has 0 amide bonds. The van der Waals surface area contributed by atoms with Crippen molar-refractivity contribution in [3.05, 3.63) is 0 Å². The van der Waals surface area contributed by atoms with Crippen LogP contribution in [-0.4, -0.2) is 36.8 Å². The topological polar surface area (TPSA) is 29.3 Å². The van der Waals surface area contributed by atoms with E-state index in [-0.39, 0.29) is 6.54 Å². The Kier molecular flexibility index (Phi) is 6.99. The van der Waals surface area contributed by atoms with E-state index in [0.717, 1.165) is 12.8 Å². The molecule has 1 atom stereocenters. The zero-order valence-electron chi connectivity index (χ0n) is 10.3. The normalized spacial score (nSPS) is 14.8. The van der Waals surface area contributed by atoms with Crippen molar-refractivity contribution in [1.29, 1.82) is 0 Å². The first-order chi connectivity index (χ1) is 7.40. The largest absolute Gasteiger partial charge is 0.405 e. The first-order valence-corrected chi connectivity index (χ1v) is 5.91. The minimum atomic E-state index is -4.23. The van der Waals surface area contributed by atoms with Crippen molar-refractivity contribution in [3.8, 4) is 0 Å². The molecule has 0 aromatic rings. The van der Waals surface area contributed by atoms with Gasteiger partial charge in [-0.1, -0.05) is 33.6 Å². The van der Waals surface area contributed by atoms with Crippen molar-refractivity contribution >= 4 is 0 Å². The molecule has 0 heterocycles. The van der Waals surface area contributed by atoms with Crippen LogP contribution in [0.25, 0.3) is 0 Å². The van der Waals surface area contributed by atoms with Gasteiger partial charge in [0.2, 0.25) is 0 Å². The fourth-order valence-corrected chi connectivity index (χ4v) is 1.84. The standard InChI is InChI=1S/C11H23F3N2/c1-4-9(5-2)8-16(6-3)10(7-15)11(12,13)14/h9-10H,4-8,15H2,1-3H3. The highest BCUT2D eigenvalue weighted by Crippen LogP contribution is 2.25. The van der Waals surface area contributed by atoms with Gasteiger partial charge >= 0.3 is 6.18 Å². The van der Waals surface area contributed by atoms with Crippen molar-refractivity contribution < 1.29 is 13.2 Å². The molecule has 2 nitrogen and oxygen atoms in total. The van der Waals surface area contributed by atoms with Gasteiger partial charge in [-0.25, -0.2) is 0 Å². The van der Waals surface area contributed by atoms with Gasteiger partial charge in [-0.15, -0.1) is 0 Å². The minimum absolute atomic E-state index is 0.316. The average molecular weight is 240 g/mol. The van der Waals surface area contributed by atoms with E-state index in [2.05, 4.69) is 0 Å². The summed E-state index contributed by atoms with van der Waals surface area (Å²) in [6.07, 6.45) is -2.42. The number of rotatable bonds is 7. The number of nitrogens with zero attached hydrogens (tertiary/aromatic N) is 1. The Morgan fingerprint density at radius 3 is 1.88 bits per heavy atom. The van der Waals surface area contributed by atoms with E-state index in [9.17, 15) is 13.2 Å². The van der Waals surface area contributed by atoms with E-state index in [1.165, 1.54) is 4.90 Å². The molecule has 16 heavy (non-hydrogen) atoms. The second kappa shape index (κ2) is 7.12. The first-order valence-electron chi connectivity index (χ1n) is 5.91. The SMILES string of the molecule is CCC(CC)CN(CC)C(CN)C(F)(F)F. The molecule has 0 aromatic carbocycles. The Labute approximate surface area is 96.0 Å². The zero-order valence-corrected chi connectivity index (χ0v) is 10.3. The molecule has 0 rings (SSSR count). The lowest BCUT2D eigenvalue weighted by Crippen LogP contribution is -2.51. The number of halogens is 3. The van der Waals surface area contributed by atoms with Crippen LogP contribution < -0.4 is 5.73 Å². The Hall–Kier alpha value is -0.290. The highest BCUT2D eigenvalue weighted by molar-refractivity contribution is 4.80. The number of hydrogen-bond acceptors (Lipinski definition) is 2. The fourth-order valence-electron chi connectivity index (χ4n) is 1.84. The maximum Gasteiger partial charge on any atom is 0.405 e. The average Bonchev–Trinajstić information content (AvgIpc) is 2.22. The summed E-state index contributed by atoms with van der Waals surface area (Å²) in [6.45, 7) is 6.26. The second-order valence-corrected chi connectivity index (χ2v) is 4.06. The third-order valence-electron chi connectivity index (χ3n) is 3.10. The van der Waals surface area contributed by atoms with Gasteiger partial charge in [0.05, 0.1) is 0 Å². The third kappa shape index (κ3) is 4.70. The lowest BCUT2D eigenvalue weighted by molar-refractivity contribution is -0.182. The summed E-state index contributed by atoms with van der Waals surface area (Å²) in [5.74, 6) is 0.316. The summed E-state index contributed by atoms with van der Waals surface area (Å²) < 4.78 is 38.1. The highest BCUT2D eigenvalue weighted by atomic mass is 19.4. The van der Waals surface area contributed by atoms with Crippen molar-refractivity contribution in [2.75, 3.05) is 19.6 Å². The molecular formula is C11H23F3N2. The minimum Gasteiger partial charge on any atom is -0.329 e. The van der Waals surface area contributed by atoms with Crippen LogP contribution in [0.4, 0.5) is 13.2 Å². The zero-order chi connectivity index (χ0) is 12.8. The quantitative estimate of drug-likeness (QED) is 0.741. The monoisotopic (exact) mass is 240 g/mol. The lowest BCUT2D eigenvalue weighted by Gasteiger charge is -2.33. The molecule has 0 spiro atoms. The summed E-state index contributed by atoms with van der Waals surface area (Å²) in [4.78, 5) is 1.44. The molecule has 98 valence electrons. The van der Waals surface area contributed by atoms with E-state index in [1.54, 1.807) is 6.92 Å². The molecule has 0 aromatic heterocycles. The predicted molar refractivity (Wildman–Crippen MR) is 60.2 cm³/mol. The third-order valence-corrected chi connectivity index (χ3v) is 3.10.